The van der Waals surface area contributed by atoms with Crippen LogP contribution in [0.15, 0.2) is 87.5 Å². The highest BCUT2D eigenvalue weighted by Crippen LogP contribution is 2.66. The van der Waals surface area contributed by atoms with E-state index < -0.39 is 27.5 Å². The fourth-order valence-corrected chi connectivity index (χ4v) is 5.72. The summed E-state index contributed by atoms with van der Waals surface area (Å²) in [5, 5.41) is 0. The van der Waals surface area contributed by atoms with Gasteiger partial charge in [-0.15, -0.1) is 0 Å². The summed E-state index contributed by atoms with van der Waals surface area (Å²) in [7, 11) is -2.17. The van der Waals surface area contributed by atoms with E-state index in [1.807, 2.05) is 66.9 Å². The molecule has 0 nitrogen and oxygen atoms in total. The normalized spacial score (nSPS) is 12.2. The minimum absolute atomic E-state index is 0.0729. The number of rotatable bonds is 3. The molecule has 0 unspecified atom stereocenters. The van der Waals surface area contributed by atoms with E-state index in [1.165, 1.54) is 0 Å². The molecule has 0 amide bonds. The van der Waals surface area contributed by atoms with E-state index in [4.69, 9.17) is 0 Å². The van der Waals surface area contributed by atoms with E-state index in [1.54, 1.807) is 0 Å². The van der Waals surface area contributed by atoms with Gasteiger partial charge in [0.15, 0.2) is 0 Å². The van der Waals surface area contributed by atoms with Crippen LogP contribution in [0.25, 0.3) is 0 Å². The average Bonchev–Trinajstić information content (AvgIpc) is 2.55. The molecule has 0 aliphatic heterocycles. The van der Waals surface area contributed by atoms with Gasteiger partial charge in [0.05, 0.1) is 4.90 Å². The molecule has 3 rings (SSSR count). The number of hydrogen-bond acceptors (Lipinski definition) is 0. The highest BCUT2D eigenvalue weighted by molar-refractivity contribution is 8.33. The van der Waals surface area contributed by atoms with Gasteiger partial charge in [0.1, 0.15) is 17.5 Å². The van der Waals surface area contributed by atoms with Crippen LogP contribution >= 0.6 is 10.0 Å². The topological polar surface area (TPSA) is 0 Å². The van der Waals surface area contributed by atoms with E-state index in [9.17, 15) is 13.2 Å². The van der Waals surface area contributed by atoms with Gasteiger partial charge >= 0.3 is 0 Å². The fourth-order valence-electron chi connectivity index (χ4n) is 2.68. The third-order valence-corrected chi connectivity index (χ3v) is 7.44. The fraction of sp³-hybridized carbons (Fsp3) is 0.0526. The van der Waals surface area contributed by atoms with Gasteiger partial charge in [0.2, 0.25) is 0 Å². The zero-order valence-electron chi connectivity index (χ0n) is 12.5. The molecular formula is C19H15F3S. The molecule has 0 heterocycles. The van der Waals surface area contributed by atoms with Gasteiger partial charge in [0.25, 0.3) is 0 Å². The quantitative estimate of drug-likeness (QED) is 0.550. The summed E-state index contributed by atoms with van der Waals surface area (Å²) in [5.74, 6) is -2.62. The first-order chi connectivity index (χ1) is 11.0. The first kappa shape index (κ1) is 15.7. The molecule has 0 spiro atoms. The molecule has 0 aliphatic rings. The lowest BCUT2D eigenvalue weighted by molar-refractivity contribution is 0.509. The highest BCUT2D eigenvalue weighted by atomic mass is 32.3. The summed E-state index contributed by atoms with van der Waals surface area (Å²) in [6.07, 6.45) is 1.83. The maximum atomic E-state index is 14.5. The zero-order valence-corrected chi connectivity index (χ0v) is 13.3. The Balaban J connectivity index is 2.35. The van der Waals surface area contributed by atoms with E-state index in [0.717, 1.165) is 21.9 Å². The van der Waals surface area contributed by atoms with Crippen LogP contribution in [-0.4, -0.2) is 6.26 Å². The van der Waals surface area contributed by atoms with Gasteiger partial charge in [-0.05, 0) is 40.3 Å². The van der Waals surface area contributed by atoms with Crippen LogP contribution in [0.2, 0.25) is 0 Å². The van der Waals surface area contributed by atoms with Crippen molar-refractivity contribution in [1.29, 1.82) is 0 Å². The van der Waals surface area contributed by atoms with Crippen molar-refractivity contribution >= 4 is 10.0 Å². The summed E-state index contributed by atoms with van der Waals surface area (Å²) >= 11 is 0. The van der Waals surface area contributed by atoms with Crippen molar-refractivity contribution in [1.82, 2.24) is 0 Å². The van der Waals surface area contributed by atoms with E-state index in [0.29, 0.717) is 0 Å². The van der Waals surface area contributed by atoms with Crippen molar-refractivity contribution < 1.29 is 13.2 Å². The molecule has 3 aromatic carbocycles. The zero-order chi connectivity index (χ0) is 16.4. The van der Waals surface area contributed by atoms with Gasteiger partial charge in [-0.25, -0.2) is 13.2 Å². The second-order valence-electron chi connectivity index (χ2n) is 5.24. The molecule has 23 heavy (non-hydrogen) atoms. The lowest BCUT2D eigenvalue weighted by atomic mass is 10.3. The monoisotopic (exact) mass is 332 g/mol. The Morgan fingerprint density at radius 2 is 1.04 bits per heavy atom. The molecule has 0 saturated carbocycles. The van der Waals surface area contributed by atoms with Crippen LogP contribution < -0.4 is 0 Å². The summed E-state index contributed by atoms with van der Waals surface area (Å²) in [6, 6.07) is 19.9. The SMILES string of the molecule is CS(c1ccccc1)(c1ccccc1)c1c(F)cc(F)cc1F. The third kappa shape index (κ3) is 2.75. The Hall–Kier alpha value is -2.20. The smallest absolute Gasteiger partial charge is 0.141 e. The van der Waals surface area contributed by atoms with Crippen molar-refractivity contribution in [2.24, 2.45) is 0 Å². The van der Waals surface area contributed by atoms with Gasteiger partial charge in [-0.2, -0.15) is 10.0 Å². The molecule has 3 aromatic rings. The maximum absolute atomic E-state index is 14.5. The predicted octanol–water partition coefficient (Wildman–Crippen LogP) is 6.02. The second kappa shape index (κ2) is 6.13. The first-order valence-electron chi connectivity index (χ1n) is 7.06. The molecule has 0 atom stereocenters. The maximum Gasteiger partial charge on any atom is 0.141 e. The Kier molecular flexibility index (Phi) is 4.18. The molecule has 0 aromatic heterocycles. The standard InChI is InChI=1S/C19H15F3S/c1-23(15-8-4-2-5-9-15,16-10-6-3-7-11-16)19-17(21)12-14(20)13-18(19)22/h2-13H,1H3. The van der Waals surface area contributed by atoms with Crippen molar-refractivity contribution in [2.75, 3.05) is 6.26 Å². The molecule has 0 radical (unpaired) electrons. The molecule has 118 valence electrons. The minimum Gasteiger partial charge on any atom is -0.207 e. The van der Waals surface area contributed by atoms with Crippen LogP contribution in [0.5, 0.6) is 0 Å². The minimum atomic E-state index is -2.17. The molecule has 0 fully saturated rings. The second-order valence-corrected chi connectivity index (χ2v) is 8.43. The Labute approximate surface area is 134 Å². The molecule has 0 aliphatic carbocycles. The van der Waals surface area contributed by atoms with E-state index in [-0.39, 0.29) is 4.90 Å². The number of hydrogen-bond donors (Lipinski definition) is 0. The van der Waals surface area contributed by atoms with E-state index >= 15 is 0 Å². The molecule has 0 N–H and O–H groups in total. The lowest BCUT2D eigenvalue weighted by Gasteiger charge is -2.37. The van der Waals surface area contributed by atoms with Crippen molar-refractivity contribution in [3.63, 3.8) is 0 Å². The average molecular weight is 332 g/mol. The van der Waals surface area contributed by atoms with Crippen molar-refractivity contribution in [2.45, 2.75) is 14.7 Å². The first-order valence-corrected chi connectivity index (χ1v) is 9.10. The van der Waals surface area contributed by atoms with Crippen LogP contribution in [-0.2, 0) is 0 Å². The summed E-state index contributed by atoms with van der Waals surface area (Å²) < 4.78 is 42.4. The van der Waals surface area contributed by atoms with Gasteiger partial charge in [-0.3, -0.25) is 0 Å². The van der Waals surface area contributed by atoms with Crippen LogP contribution in [0.4, 0.5) is 13.2 Å². The Morgan fingerprint density at radius 1 is 0.652 bits per heavy atom. The summed E-state index contributed by atoms with van der Waals surface area (Å²) in [4.78, 5) is 1.56. The van der Waals surface area contributed by atoms with E-state index in [2.05, 4.69) is 0 Å². The summed E-state index contributed by atoms with van der Waals surface area (Å²) in [6.45, 7) is 0. The Morgan fingerprint density at radius 3 is 1.43 bits per heavy atom. The molecule has 0 saturated heterocycles. The van der Waals surface area contributed by atoms with Gasteiger partial charge in [0, 0.05) is 12.1 Å². The van der Waals surface area contributed by atoms with Crippen molar-refractivity contribution in [3.05, 3.63) is 90.2 Å². The summed E-state index contributed by atoms with van der Waals surface area (Å²) in [5.41, 5.74) is 0. The molecule has 0 bridgehead atoms. The lowest BCUT2D eigenvalue weighted by Crippen LogP contribution is -2.07. The van der Waals surface area contributed by atoms with Crippen molar-refractivity contribution in [3.8, 4) is 0 Å². The molecule has 4 heteroatoms. The van der Waals surface area contributed by atoms with Gasteiger partial charge in [-0.1, -0.05) is 36.4 Å². The van der Waals surface area contributed by atoms with Crippen LogP contribution in [0, 0.1) is 17.5 Å². The molecular weight excluding hydrogens is 317 g/mol. The van der Waals surface area contributed by atoms with Crippen LogP contribution in [0.3, 0.4) is 0 Å². The van der Waals surface area contributed by atoms with Crippen LogP contribution in [0.1, 0.15) is 0 Å². The predicted molar refractivity (Wildman–Crippen MR) is 87.5 cm³/mol. The largest absolute Gasteiger partial charge is 0.207 e. The van der Waals surface area contributed by atoms with Gasteiger partial charge < -0.3 is 0 Å². The number of halogens is 3. The number of benzene rings is 3. The third-order valence-electron chi connectivity index (χ3n) is 3.80. The highest BCUT2D eigenvalue weighted by Gasteiger charge is 2.32. The Bertz CT molecular complexity index is 754.